The quantitative estimate of drug-likeness (QED) is 0.444. The van der Waals surface area contributed by atoms with Crippen LogP contribution in [0.4, 0.5) is 0 Å². The molecule has 0 fully saturated rings. The van der Waals surface area contributed by atoms with E-state index in [9.17, 15) is 0 Å². The number of furan rings is 1. The summed E-state index contributed by atoms with van der Waals surface area (Å²) in [7, 11) is 0. The summed E-state index contributed by atoms with van der Waals surface area (Å²) in [6.07, 6.45) is 3.72. The average Bonchev–Trinajstić information content (AvgIpc) is 2.88. The molecule has 0 amide bonds. The molecule has 0 unspecified atom stereocenters. The molecular formula is C13H8N2O. The Morgan fingerprint density at radius 3 is 3.00 bits per heavy atom. The van der Waals surface area contributed by atoms with E-state index in [0.717, 1.165) is 11.0 Å². The van der Waals surface area contributed by atoms with Gasteiger partial charge in [-0.05, 0) is 18.2 Å². The van der Waals surface area contributed by atoms with E-state index in [2.05, 4.69) is 33.8 Å². The van der Waals surface area contributed by atoms with Crippen LogP contribution in [0.15, 0.2) is 53.3 Å². The van der Waals surface area contributed by atoms with Gasteiger partial charge in [0.1, 0.15) is 5.65 Å². The summed E-state index contributed by atoms with van der Waals surface area (Å²) in [6.45, 7) is 0. The normalized spacial score (nSPS) is 11.8. The molecule has 0 N–H and O–H groups in total. The van der Waals surface area contributed by atoms with Crippen LogP contribution >= 0.6 is 0 Å². The van der Waals surface area contributed by atoms with E-state index in [1.807, 2.05) is 18.2 Å². The van der Waals surface area contributed by atoms with E-state index in [0.29, 0.717) is 5.71 Å². The average molecular weight is 208 g/mol. The first-order valence-corrected chi connectivity index (χ1v) is 5.16. The Kier molecular flexibility index (Phi) is 1.31. The maximum Gasteiger partial charge on any atom is 0.229 e. The summed E-state index contributed by atoms with van der Waals surface area (Å²) in [6, 6.07) is 12.2. The maximum absolute atomic E-state index is 5.30. The topological polar surface area (TPSA) is 30.4 Å². The van der Waals surface area contributed by atoms with Crippen molar-refractivity contribution in [3.05, 3.63) is 48.9 Å². The molecule has 4 rings (SSSR count). The van der Waals surface area contributed by atoms with E-state index in [-0.39, 0.29) is 0 Å². The van der Waals surface area contributed by atoms with Crippen molar-refractivity contribution in [3.63, 3.8) is 0 Å². The molecule has 16 heavy (non-hydrogen) atoms. The molecule has 3 nitrogen and oxygen atoms in total. The lowest BCUT2D eigenvalue weighted by molar-refractivity contribution is 0.604. The van der Waals surface area contributed by atoms with E-state index in [4.69, 9.17) is 4.42 Å². The molecule has 0 atom stereocenters. The minimum absolute atomic E-state index is 0.690. The zero-order chi connectivity index (χ0) is 10.5. The summed E-state index contributed by atoms with van der Waals surface area (Å²) in [5.41, 5.74) is 2.78. The van der Waals surface area contributed by atoms with Crippen molar-refractivity contribution in [2.24, 2.45) is 0 Å². The Balaban J connectivity index is 2.32. The number of rotatable bonds is 0. The standard InChI is InChI=1S/C13H8N2O/c1-2-4-11-9(3-1)7-12-14-13-10(5-6-16-13)8-15(11)12/h1-8H. The number of benzene rings is 1. The number of fused-ring (bicyclic) bond motifs is 4. The van der Waals surface area contributed by atoms with Crippen LogP contribution in [-0.4, -0.2) is 9.38 Å². The van der Waals surface area contributed by atoms with E-state index in [1.54, 1.807) is 6.26 Å². The molecule has 3 heteroatoms. The van der Waals surface area contributed by atoms with Crippen LogP contribution < -0.4 is 0 Å². The Hall–Kier alpha value is -2.29. The van der Waals surface area contributed by atoms with Gasteiger partial charge in [-0.25, -0.2) is 0 Å². The Bertz CT molecular complexity index is 810. The summed E-state index contributed by atoms with van der Waals surface area (Å²) >= 11 is 0. The molecule has 0 radical (unpaired) electrons. The van der Waals surface area contributed by atoms with Gasteiger partial charge in [-0.15, -0.1) is 0 Å². The van der Waals surface area contributed by atoms with Gasteiger partial charge in [0.25, 0.3) is 0 Å². The van der Waals surface area contributed by atoms with E-state index < -0.39 is 0 Å². The third-order valence-corrected chi connectivity index (χ3v) is 2.89. The molecule has 1 aromatic carbocycles. The van der Waals surface area contributed by atoms with Gasteiger partial charge in [0.2, 0.25) is 5.71 Å². The third-order valence-electron chi connectivity index (χ3n) is 2.89. The second-order valence-electron chi connectivity index (χ2n) is 3.85. The van der Waals surface area contributed by atoms with Gasteiger partial charge >= 0.3 is 0 Å². The predicted octanol–water partition coefficient (Wildman–Crippen LogP) is 3.23. The second kappa shape index (κ2) is 2.64. The summed E-state index contributed by atoms with van der Waals surface area (Å²) in [5, 5.41) is 2.22. The van der Waals surface area contributed by atoms with Crippen molar-refractivity contribution in [2.45, 2.75) is 0 Å². The molecule has 0 saturated heterocycles. The fourth-order valence-electron chi connectivity index (χ4n) is 2.13. The highest BCUT2D eigenvalue weighted by molar-refractivity contribution is 5.88. The molecule has 0 bridgehead atoms. The molecule has 4 aromatic rings. The van der Waals surface area contributed by atoms with Crippen LogP contribution in [0.2, 0.25) is 0 Å². The highest BCUT2D eigenvalue weighted by Gasteiger charge is 2.05. The van der Waals surface area contributed by atoms with Crippen LogP contribution in [-0.2, 0) is 0 Å². The monoisotopic (exact) mass is 208 g/mol. The van der Waals surface area contributed by atoms with Crippen molar-refractivity contribution in [1.82, 2.24) is 9.38 Å². The minimum atomic E-state index is 0.690. The lowest BCUT2D eigenvalue weighted by atomic mass is 10.2. The largest absolute Gasteiger partial charge is 0.446 e. The SMILES string of the molecule is c1ccc2c(c1)cc1nc3occc3cn12. The number of para-hydroxylation sites is 1. The van der Waals surface area contributed by atoms with Crippen molar-refractivity contribution in [2.75, 3.05) is 0 Å². The van der Waals surface area contributed by atoms with Gasteiger partial charge in [-0.3, -0.25) is 0 Å². The summed E-state index contributed by atoms with van der Waals surface area (Å²) < 4.78 is 7.39. The Morgan fingerprint density at radius 2 is 2.00 bits per heavy atom. The van der Waals surface area contributed by atoms with Crippen LogP contribution in [0.3, 0.4) is 0 Å². The summed E-state index contributed by atoms with van der Waals surface area (Å²) in [4.78, 5) is 4.47. The molecule has 0 aliphatic rings. The zero-order valence-corrected chi connectivity index (χ0v) is 8.42. The number of nitrogens with zero attached hydrogens (tertiary/aromatic N) is 2. The molecule has 3 heterocycles. The first-order valence-electron chi connectivity index (χ1n) is 5.16. The molecule has 0 spiro atoms. The first-order chi connectivity index (χ1) is 7.92. The molecule has 76 valence electrons. The zero-order valence-electron chi connectivity index (χ0n) is 8.42. The van der Waals surface area contributed by atoms with E-state index in [1.165, 1.54) is 10.9 Å². The van der Waals surface area contributed by atoms with Gasteiger partial charge in [0.05, 0.1) is 17.2 Å². The highest BCUT2D eigenvalue weighted by atomic mass is 16.3. The summed E-state index contributed by atoms with van der Waals surface area (Å²) in [5.74, 6) is 0. The lowest BCUT2D eigenvalue weighted by Gasteiger charge is -1.95. The Morgan fingerprint density at radius 1 is 1.06 bits per heavy atom. The van der Waals surface area contributed by atoms with Gasteiger partial charge in [0, 0.05) is 11.6 Å². The van der Waals surface area contributed by atoms with Gasteiger partial charge in [-0.1, -0.05) is 18.2 Å². The fraction of sp³-hybridized carbons (Fsp3) is 0. The fourth-order valence-corrected chi connectivity index (χ4v) is 2.13. The van der Waals surface area contributed by atoms with Crippen molar-refractivity contribution in [3.8, 4) is 0 Å². The molecule has 3 aromatic heterocycles. The molecular weight excluding hydrogens is 200 g/mol. The minimum Gasteiger partial charge on any atom is -0.446 e. The molecule has 0 aliphatic heterocycles. The smallest absolute Gasteiger partial charge is 0.229 e. The van der Waals surface area contributed by atoms with Crippen LogP contribution in [0, 0.1) is 0 Å². The molecule has 0 aliphatic carbocycles. The van der Waals surface area contributed by atoms with Crippen molar-refractivity contribution in [1.29, 1.82) is 0 Å². The maximum atomic E-state index is 5.30. The Labute approximate surface area is 90.9 Å². The predicted molar refractivity (Wildman–Crippen MR) is 62.5 cm³/mol. The number of hydrogen-bond donors (Lipinski definition) is 0. The third kappa shape index (κ3) is 0.896. The molecule has 0 saturated carbocycles. The highest BCUT2D eigenvalue weighted by Crippen LogP contribution is 2.22. The van der Waals surface area contributed by atoms with Crippen LogP contribution in [0.25, 0.3) is 27.6 Å². The van der Waals surface area contributed by atoms with Crippen LogP contribution in [0.5, 0.6) is 0 Å². The van der Waals surface area contributed by atoms with E-state index >= 15 is 0 Å². The van der Waals surface area contributed by atoms with Crippen molar-refractivity contribution < 1.29 is 4.42 Å². The number of aromatic nitrogens is 2. The van der Waals surface area contributed by atoms with Gasteiger partial charge < -0.3 is 8.82 Å². The number of hydrogen-bond acceptors (Lipinski definition) is 2. The van der Waals surface area contributed by atoms with Gasteiger partial charge in [0.15, 0.2) is 0 Å². The van der Waals surface area contributed by atoms with Crippen molar-refractivity contribution >= 4 is 27.6 Å². The lowest BCUT2D eigenvalue weighted by Crippen LogP contribution is -1.86. The van der Waals surface area contributed by atoms with Crippen LogP contribution in [0.1, 0.15) is 0 Å². The second-order valence-corrected chi connectivity index (χ2v) is 3.85. The first kappa shape index (κ1) is 7.93. The van der Waals surface area contributed by atoms with Gasteiger partial charge in [-0.2, -0.15) is 4.98 Å².